The molecule has 0 saturated carbocycles. The Morgan fingerprint density at radius 1 is 1.26 bits per heavy atom. The lowest BCUT2D eigenvalue weighted by molar-refractivity contribution is 0.0996. The highest BCUT2D eigenvalue weighted by molar-refractivity contribution is 5.94. The summed E-state index contributed by atoms with van der Waals surface area (Å²) in [6.45, 7) is 0. The fraction of sp³-hybridized carbons (Fsp3) is 0.333. The van der Waals surface area contributed by atoms with Crippen molar-refractivity contribution in [3.63, 3.8) is 0 Å². The van der Waals surface area contributed by atoms with E-state index in [4.69, 9.17) is 11.5 Å². The highest BCUT2D eigenvalue weighted by Crippen LogP contribution is 2.12. The highest BCUT2D eigenvalue weighted by Gasteiger charge is 2.09. The predicted octanol–water partition coefficient (Wildman–Crippen LogP) is -0.387. The van der Waals surface area contributed by atoms with Gasteiger partial charge < -0.3 is 16.5 Å². The van der Waals surface area contributed by atoms with E-state index < -0.39 is 11.9 Å². The standard InChI is InChI=1S/C6H10N6O.C4H5N3O.C2H7N3O/c1-12(2)11-10-6-4(5(7)13)8-3-9-6;5-4(8)7-2-1-6-3-7;1-5(2)3-4-6/h3H,1-2H3,(H2,7,13)(H,8,9);1-3H,(H2,5,8);1-2H3,(H,3,6). The molecule has 2 aromatic rings. The van der Waals surface area contributed by atoms with E-state index in [1.165, 1.54) is 39.6 Å². The number of imidazole rings is 2. The van der Waals surface area contributed by atoms with E-state index in [1.54, 1.807) is 28.2 Å². The van der Waals surface area contributed by atoms with Gasteiger partial charge in [0.1, 0.15) is 6.33 Å². The van der Waals surface area contributed by atoms with Crippen molar-refractivity contribution in [2.24, 2.45) is 27.1 Å². The van der Waals surface area contributed by atoms with Gasteiger partial charge in [0.05, 0.1) is 11.6 Å². The zero-order valence-electron chi connectivity index (χ0n) is 15.3. The van der Waals surface area contributed by atoms with Crippen LogP contribution in [0.5, 0.6) is 0 Å². The van der Waals surface area contributed by atoms with E-state index in [-0.39, 0.29) is 11.5 Å². The van der Waals surface area contributed by atoms with Crippen molar-refractivity contribution in [1.29, 1.82) is 0 Å². The van der Waals surface area contributed by atoms with Crippen LogP contribution in [0.1, 0.15) is 10.5 Å². The van der Waals surface area contributed by atoms with Crippen LogP contribution in [0.3, 0.4) is 0 Å². The summed E-state index contributed by atoms with van der Waals surface area (Å²) < 4.78 is 1.19. The van der Waals surface area contributed by atoms with Crippen molar-refractivity contribution in [1.82, 2.24) is 35.1 Å². The summed E-state index contributed by atoms with van der Waals surface area (Å²) in [4.78, 5) is 40.1. The van der Waals surface area contributed by atoms with E-state index in [2.05, 4.69) is 36.1 Å². The van der Waals surface area contributed by atoms with Gasteiger partial charge in [-0.05, 0) is 0 Å². The lowest BCUT2D eigenvalue weighted by Gasteiger charge is -2.00. The lowest BCUT2D eigenvalue weighted by Crippen LogP contribution is -2.23. The van der Waals surface area contributed by atoms with Crippen LogP contribution in [0.15, 0.2) is 40.7 Å². The first-order valence-corrected chi connectivity index (χ1v) is 7.14. The molecular weight excluding hydrogens is 360 g/mol. The molecule has 0 aromatic carbocycles. The number of rotatable bonds is 5. The number of carbonyl (C=O) groups excluding carboxylic acids is 2. The molecule has 0 saturated heterocycles. The summed E-state index contributed by atoms with van der Waals surface area (Å²) in [5.41, 5.74) is 12.2. The van der Waals surface area contributed by atoms with Gasteiger partial charge in [-0.3, -0.25) is 14.4 Å². The van der Waals surface area contributed by atoms with Crippen LogP contribution in [0, 0.1) is 4.91 Å². The average molecular weight is 382 g/mol. The normalized spacial score (nSPS) is 9.67. The molecular formula is C12H22N12O3. The first-order valence-electron chi connectivity index (χ1n) is 7.14. The van der Waals surface area contributed by atoms with Gasteiger partial charge in [0.25, 0.3) is 5.91 Å². The molecule has 27 heavy (non-hydrogen) atoms. The number of hydrazine groups is 1. The highest BCUT2D eigenvalue weighted by atomic mass is 16.3. The number of nitrogens with zero attached hydrogens (tertiary/aromatic N) is 8. The summed E-state index contributed by atoms with van der Waals surface area (Å²) in [6.07, 6.45) is 5.67. The molecule has 15 heteroatoms. The molecule has 0 radical (unpaired) electrons. The minimum Gasteiger partial charge on any atom is -0.364 e. The number of carbonyl (C=O) groups is 2. The Hall–Kier alpha value is -3.88. The van der Waals surface area contributed by atoms with Crippen molar-refractivity contribution in [3.8, 4) is 0 Å². The summed E-state index contributed by atoms with van der Waals surface area (Å²) in [7, 11) is 6.78. The molecule has 0 atom stereocenters. The SMILES string of the molecule is CN(C)N=Nc1nc[nH]c1C(N)=O.CN(C)NN=O.NC(=O)n1ccnc1. The number of aromatic nitrogens is 4. The smallest absolute Gasteiger partial charge is 0.324 e. The van der Waals surface area contributed by atoms with Gasteiger partial charge in [-0.2, -0.15) is 0 Å². The van der Waals surface area contributed by atoms with Crippen molar-refractivity contribution in [2.45, 2.75) is 0 Å². The van der Waals surface area contributed by atoms with E-state index in [0.29, 0.717) is 0 Å². The third kappa shape index (κ3) is 10.6. The van der Waals surface area contributed by atoms with Gasteiger partial charge in [-0.25, -0.2) is 25.3 Å². The van der Waals surface area contributed by atoms with Crippen LogP contribution >= 0.6 is 0 Å². The molecule has 0 fully saturated rings. The van der Waals surface area contributed by atoms with E-state index in [0.717, 1.165) is 0 Å². The van der Waals surface area contributed by atoms with Gasteiger partial charge in [0.15, 0.2) is 5.69 Å². The number of nitrogens with one attached hydrogen (secondary N) is 2. The maximum atomic E-state index is 10.8. The van der Waals surface area contributed by atoms with Crippen LogP contribution in [0.25, 0.3) is 0 Å². The molecule has 0 aliphatic carbocycles. The first-order chi connectivity index (χ1) is 12.7. The third-order valence-electron chi connectivity index (χ3n) is 2.18. The monoisotopic (exact) mass is 382 g/mol. The Morgan fingerprint density at radius 3 is 2.26 bits per heavy atom. The molecule has 0 spiro atoms. The van der Waals surface area contributed by atoms with E-state index in [1.807, 2.05) is 0 Å². The number of aromatic amines is 1. The number of H-pyrrole nitrogens is 1. The van der Waals surface area contributed by atoms with Crippen LogP contribution in [-0.4, -0.2) is 69.7 Å². The summed E-state index contributed by atoms with van der Waals surface area (Å²) in [6, 6.07) is -0.512. The molecule has 148 valence electrons. The number of nitrogens with two attached hydrogens (primary N) is 2. The second-order valence-corrected chi connectivity index (χ2v) is 4.90. The third-order valence-corrected chi connectivity index (χ3v) is 2.18. The lowest BCUT2D eigenvalue weighted by atomic mass is 10.4. The summed E-state index contributed by atoms with van der Waals surface area (Å²) in [5.74, 6) is -0.411. The maximum absolute atomic E-state index is 10.8. The summed E-state index contributed by atoms with van der Waals surface area (Å²) in [5, 5.41) is 12.7. The van der Waals surface area contributed by atoms with Crippen molar-refractivity contribution in [2.75, 3.05) is 28.2 Å². The zero-order chi connectivity index (χ0) is 20.8. The minimum atomic E-state index is -0.606. The molecule has 0 aliphatic heterocycles. The second-order valence-electron chi connectivity index (χ2n) is 4.90. The van der Waals surface area contributed by atoms with Crippen LogP contribution < -0.4 is 17.0 Å². The second kappa shape index (κ2) is 12.5. The minimum absolute atomic E-state index is 0.158. The molecule has 0 unspecified atom stereocenters. The number of amides is 2. The molecule has 2 amide bonds. The fourth-order valence-corrected chi connectivity index (χ4v) is 1.15. The van der Waals surface area contributed by atoms with E-state index in [9.17, 15) is 14.5 Å². The average Bonchev–Trinajstić information content (AvgIpc) is 3.25. The van der Waals surface area contributed by atoms with E-state index >= 15 is 0 Å². The Labute approximate surface area is 154 Å². The Kier molecular flexibility index (Phi) is 10.7. The van der Waals surface area contributed by atoms with Crippen molar-refractivity contribution in [3.05, 3.63) is 35.6 Å². The topological polar surface area (TPSA) is 205 Å². The molecule has 15 nitrogen and oxygen atoms in total. The Balaban J connectivity index is 0.000000413. The number of hydrogen-bond acceptors (Lipinski definition) is 9. The molecule has 2 heterocycles. The van der Waals surface area contributed by atoms with Gasteiger partial charge in [-0.1, -0.05) is 5.22 Å². The quantitative estimate of drug-likeness (QED) is 0.303. The van der Waals surface area contributed by atoms with Gasteiger partial charge in [0.2, 0.25) is 5.82 Å². The van der Waals surface area contributed by atoms with Crippen LogP contribution in [0.4, 0.5) is 10.6 Å². The van der Waals surface area contributed by atoms with Crippen molar-refractivity contribution < 1.29 is 9.59 Å². The maximum Gasteiger partial charge on any atom is 0.324 e. The Bertz CT molecular complexity index is 722. The zero-order valence-corrected chi connectivity index (χ0v) is 15.3. The van der Waals surface area contributed by atoms with Gasteiger partial charge in [0, 0.05) is 40.6 Å². The van der Waals surface area contributed by atoms with Gasteiger partial charge >= 0.3 is 6.03 Å². The number of nitroso groups, excluding NO2 is 1. The number of hydrogen-bond donors (Lipinski definition) is 4. The fourth-order valence-electron chi connectivity index (χ4n) is 1.15. The van der Waals surface area contributed by atoms with Crippen LogP contribution in [-0.2, 0) is 0 Å². The molecule has 0 aliphatic rings. The van der Waals surface area contributed by atoms with Crippen molar-refractivity contribution >= 4 is 17.8 Å². The Morgan fingerprint density at radius 2 is 1.93 bits per heavy atom. The van der Waals surface area contributed by atoms with Gasteiger partial charge in [-0.15, -0.1) is 10.0 Å². The first kappa shape index (κ1) is 23.1. The van der Waals surface area contributed by atoms with Crippen LogP contribution in [0.2, 0.25) is 0 Å². The number of primary amides is 2. The summed E-state index contributed by atoms with van der Waals surface area (Å²) >= 11 is 0. The largest absolute Gasteiger partial charge is 0.364 e. The molecule has 6 N–H and O–H groups in total. The predicted molar refractivity (Wildman–Crippen MR) is 95.1 cm³/mol. The molecule has 2 rings (SSSR count). The molecule has 2 aromatic heterocycles. The molecule has 0 bridgehead atoms.